The van der Waals surface area contributed by atoms with Gasteiger partial charge in [-0.3, -0.25) is 21.0 Å². The fourth-order valence-electron chi connectivity index (χ4n) is 3.83. The number of ether oxygens (including phenoxy) is 4. The number of amides is 1. The highest BCUT2D eigenvalue weighted by molar-refractivity contribution is 5.94. The van der Waals surface area contributed by atoms with Gasteiger partial charge in [0.15, 0.2) is 17.7 Å². The Hall–Kier alpha value is -3.64. The molecular weight excluding hydrogens is 454 g/mol. The van der Waals surface area contributed by atoms with Crippen molar-refractivity contribution in [3.63, 3.8) is 0 Å². The first-order valence-electron chi connectivity index (χ1n) is 11.3. The summed E-state index contributed by atoms with van der Waals surface area (Å²) in [6.45, 7) is 4.80. The lowest BCUT2D eigenvalue weighted by molar-refractivity contribution is -0.577. The molecule has 1 saturated heterocycles. The lowest BCUT2D eigenvalue weighted by Gasteiger charge is -2.26. The Morgan fingerprint density at radius 3 is 2.63 bits per heavy atom. The highest BCUT2D eigenvalue weighted by Gasteiger charge is 2.18. The summed E-state index contributed by atoms with van der Waals surface area (Å²) in [5.41, 5.74) is 5.18. The number of hydrogen-bond donors (Lipinski definition) is 3. The minimum absolute atomic E-state index is 0.376. The van der Waals surface area contributed by atoms with Crippen LogP contribution in [0.15, 0.2) is 48.7 Å². The van der Waals surface area contributed by atoms with Gasteiger partial charge in [0.2, 0.25) is 5.52 Å². The minimum atomic E-state index is -0.376. The smallest absolute Gasteiger partial charge is 0.266 e. The lowest BCUT2D eigenvalue weighted by atomic mass is 10.1. The van der Waals surface area contributed by atoms with Gasteiger partial charge in [0, 0.05) is 37.3 Å². The highest BCUT2D eigenvalue weighted by atomic mass is 16.5. The third-order valence-corrected chi connectivity index (χ3v) is 5.66. The van der Waals surface area contributed by atoms with Crippen LogP contribution in [0, 0.1) is 5.21 Å². The first-order valence-corrected chi connectivity index (χ1v) is 11.3. The summed E-state index contributed by atoms with van der Waals surface area (Å²) in [6.07, 6.45) is 2.22. The van der Waals surface area contributed by atoms with E-state index in [1.165, 1.54) is 6.20 Å². The quantitative estimate of drug-likeness (QED) is 0.129. The maximum atomic E-state index is 12.5. The van der Waals surface area contributed by atoms with Gasteiger partial charge >= 0.3 is 0 Å². The van der Waals surface area contributed by atoms with E-state index < -0.39 is 0 Å². The topological polar surface area (TPSA) is 134 Å². The molecule has 0 unspecified atom stereocenters. The van der Waals surface area contributed by atoms with Crippen molar-refractivity contribution in [2.24, 2.45) is 5.84 Å². The van der Waals surface area contributed by atoms with Crippen molar-refractivity contribution in [3.05, 3.63) is 59.4 Å². The van der Waals surface area contributed by atoms with E-state index in [2.05, 4.69) is 15.9 Å². The van der Waals surface area contributed by atoms with Crippen molar-refractivity contribution in [1.82, 2.24) is 15.9 Å². The molecule has 1 fully saturated rings. The predicted molar refractivity (Wildman–Crippen MR) is 128 cm³/mol. The van der Waals surface area contributed by atoms with E-state index in [1.54, 1.807) is 49.6 Å². The van der Waals surface area contributed by atoms with Gasteiger partial charge in [-0.1, -0.05) is 0 Å². The number of hydrogen-bond acceptors (Lipinski definition) is 9. The molecule has 1 amide bonds. The van der Waals surface area contributed by atoms with E-state index in [0.717, 1.165) is 44.0 Å². The largest absolute Gasteiger partial charge is 0.618 e. The van der Waals surface area contributed by atoms with Crippen LogP contribution in [0.5, 0.6) is 23.0 Å². The molecule has 0 bridgehead atoms. The summed E-state index contributed by atoms with van der Waals surface area (Å²) in [5, 5.41) is 13.1. The van der Waals surface area contributed by atoms with Crippen LogP contribution >= 0.6 is 0 Å². The Morgan fingerprint density at radius 1 is 1.14 bits per heavy atom. The van der Waals surface area contributed by atoms with Crippen LogP contribution in [0.2, 0.25) is 0 Å². The number of fused-ring (bicyclic) bond motifs is 1. The number of nitrogens with two attached hydrogens (primary N) is 1. The molecule has 0 saturated carbocycles. The van der Waals surface area contributed by atoms with Crippen LogP contribution in [0.25, 0.3) is 10.9 Å². The van der Waals surface area contributed by atoms with E-state index in [-0.39, 0.29) is 5.91 Å². The van der Waals surface area contributed by atoms with Crippen molar-refractivity contribution in [2.45, 2.75) is 6.42 Å². The summed E-state index contributed by atoms with van der Waals surface area (Å²) in [4.78, 5) is 14.2. The number of carbonyl (C=O) groups is 1. The molecule has 4 rings (SSSR count). The minimum Gasteiger partial charge on any atom is -0.618 e. The summed E-state index contributed by atoms with van der Waals surface area (Å²) in [5.74, 6) is 6.68. The second-order valence-corrected chi connectivity index (χ2v) is 7.91. The van der Waals surface area contributed by atoms with Gasteiger partial charge in [0.25, 0.3) is 5.91 Å². The van der Waals surface area contributed by atoms with Crippen LogP contribution in [-0.2, 0) is 4.74 Å². The Kier molecular flexibility index (Phi) is 8.16. The molecule has 0 radical (unpaired) electrons. The Balaban J connectivity index is 1.49. The van der Waals surface area contributed by atoms with Crippen LogP contribution in [0.1, 0.15) is 16.8 Å². The lowest BCUT2D eigenvalue weighted by Crippen LogP contribution is -2.42. The van der Waals surface area contributed by atoms with Crippen LogP contribution in [0.4, 0.5) is 0 Å². The Labute approximate surface area is 202 Å². The molecule has 0 atom stereocenters. The van der Waals surface area contributed by atoms with Crippen LogP contribution in [-0.4, -0.2) is 57.4 Å². The van der Waals surface area contributed by atoms with Crippen LogP contribution in [0.3, 0.4) is 0 Å². The fourth-order valence-corrected chi connectivity index (χ4v) is 3.83. The fraction of sp³-hybridized carbons (Fsp3) is 0.333. The number of benzene rings is 2. The molecule has 11 heteroatoms. The zero-order chi connectivity index (χ0) is 24.6. The number of morpholine rings is 1. The van der Waals surface area contributed by atoms with Gasteiger partial charge in [-0.15, -0.1) is 0 Å². The zero-order valence-corrected chi connectivity index (χ0v) is 19.5. The molecule has 1 aliphatic heterocycles. The maximum absolute atomic E-state index is 12.5. The number of pyridine rings is 1. The first kappa shape index (κ1) is 24.5. The number of nitrogens with one attached hydrogen (secondary N) is 2. The molecule has 1 aliphatic rings. The third kappa shape index (κ3) is 6.08. The average Bonchev–Trinajstić information content (AvgIpc) is 2.89. The number of rotatable bonds is 10. The zero-order valence-electron chi connectivity index (χ0n) is 19.5. The standard InChI is InChI=1S/C24H29N5O6/c1-32-22-15-19-20(16-23(22)34-12-2-8-28-10-13-33-14-11-28)29(31)9-7-21(19)35-18-5-3-17(4-6-18)24(30)26-27-25/h3-7,9,15-16,27H,2,8,10-14,25H2,1H3,(H,26,30). The van der Waals surface area contributed by atoms with E-state index >= 15 is 0 Å². The third-order valence-electron chi connectivity index (χ3n) is 5.66. The van der Waals surface area contributed by atoms with E-state index in [9.17, 15) is 10.0 Å². The van der Waals surface area contributed by atoms with Gasteiger partial charge in [-0.05, 0) is 30.7 Å². The first-order chi connectivity index (χ1) is 17.1. The van der Waals surface area contributed by atoms with Gasteiger partial charge in [-0.2, -0.15) is 10.3 Å². The van der Waals surface area contributed by atoms with Crippen LogP contribution < -0.4 is 35.7 Å². The number of nitrogens with zero attached hydrogens (tertiary/aromatic N) is 2. The van der Waals surface area contributed by atoms with Crippen molar-refractivity contribution in [1.29, 1.82) is 0 Å². The second kappa shape index (κ2) is 11.7. The summed E-state index contributed by atoms with van der Waals surface area (Å²) >= 11 is 0. The second-order valence-electron chi connectivity index (χ2n) is 7.91. The average molecular weight is 484 g/mol. The van der Waals surface area contributed by atoms with E-state index in [4.69, 9.17) is 24.8 Å². The van der Waals surface area contributed by atoms with E-state index in [0.29, 0.717) is 46.1 Å². The molecule has 35 heavy (non-hydrogen) atoms. The molecule has 11 nitrogen and oxygen atoms in total. The summed E-state index contributed by atoms with van der Waals surface area (Å²) in [7, 11) is 1.55. The SMILES string of the molecule is COc1cc2c(Oc3ccc(C(=O)NNN)cc3)cc[n+]([O-])c2cc1OCCCN1CCOCC1. The molecule has 4 N–H and O–H groups in total. The van der Waals surface area contributed by atoms with Gasteiger partial charge in [0.05, 0.1) is 38.4 Å². The monoisotopic (exact) mass is 483 g/mol. The summed E-state index contributed by atoms with van der Waals surface area (Å²) < 4.78 is 23.6. The molecule has 186 valence electrons. The number of carbonyl (C=O) groups excluding carboxylic acids is 1. The van der Waals surface area contributed by atoms with Crippen molar-refractivity contribution in [2.75, 3.05) is 46.6 Å². The van der Waals surface area contributed by atoms with E-state index in [1.807, 2.05) is 0 Å². The molecule has 0 aliphatic carbocycles. The molecule has 3 aromatic rings. The van der Waals surface area contributed by atoms with Gasteiger partial charge in [0.1, 0.15) is 11.5 Å². The van der Waals surface area contributed by atoms with Gasteiger partial charge < -0.3 is 24.2 Å². The number of methoxy groups -OCH3 is 1. The Morgan fingerprint density at radius 2 is 1.91 bits per heavy atom. The highest BCUT2D eigenvalue weighted by Crippen LogP contribution is 2.36. The predicted octanol–water partition coefficient (Wildman–Crippen LogP) is 1.48. The normalized spacial score (nSPS) is 14.0. The molecular formula is C24H29N5O6. The van der Waals surface area contributed by atoms with Crippen molar-refractivity contribution in [3.8, 4) is 23.0 Å². The number of hydrazine groups is 2. The molecule has 2 heterocycles. The number of aromatic nitrogens is 1. The Bertz CT molecular complexity index is 1150. The maximum Gasteiger partial charge on any atom is 0.266 e. The van der Waals surface area contributed by atoms with Crippen molar-refractivity contribution >= 4 is 16.8 Å². The summed E-state index contributed by atoms with van der Waals surface area (Å²) in [6, 6.07) is 11.5. The molecule has 1 aromatic heterocycles. The van der Waals surface area contributed by atoms with Gasteiger partial charge in [-0.25, -0.2) is 0 Å². The molecule has 2 aromatic carbocycles. The molecule has 0 spiro atoms. The van der Waals surface area contributed by atoms with Crippen molar-refractivity contribution < 1.29 is 28.5 Å².